The number of fused-ring (bicyclic) bond motifs is 6. The van der Waals surface area contributed by atoms with Crippen molar-refractivity contribution >= 4 is 50.1 Å². The van der Waals surface area contributed by atoms with Crippen molar-refractivity contribution in [2.75, 3.05) is 7.05 Å². The molecule has 170 valence electrons. The van der Waals surface area contributed by atoms with Gasteiger partial charge in [-0.3, -0.25) is 0 Å². The van der Waals surface area contributed by atoms with Gasteiger partial charge in [0.1, 0.15) is 7.05 Å². The number of para-hydroxylation sites is 1. The van der Waals surface area contributed by atoms with Gasteiger partial charge in [0, 0.05) is 46.1 Å². The van der Waals surface area contributed by atoms with E-state index >= 15 is 0 Å². The van der Waals surface area contributed by atoms with Crippen LogP contribution < -0.4 is 24.0 Å². The molecule has 2 heterocycles. The first-order valence-electron chi connectivity index (χ1n) is 11.8. The minimum absolute atomic E-state index is 0. The molecular weight excluding hydrogens is 527 g/mol. The van der Waals surface area contributed by atoms with Gasteiger partial charge in [0.25, 0.3) is 0 Å². The Labute approximate surface area is 218 Å². The van der Waals surface area contributed by atoms with Gasteiger partial charge in [-0.2, -0.15) is 4.58 Å². The van der Waals surface area contributed by atoms with Crippen molar-refractivity contribution in [3.8, 4) is 0 Å². The van der Waals surface area contributed by atoms with Crippen LogP contribution in [0.2, 0.25) is 0 Å². The van der Waals surface area contributed by atoms with Crippen LogP contribution >= 0.6 is 0 Å². The molecule has 2 nitrogen and oxygen atoms in total. The van der Waals surface area contributed by atoms with Crippen LogP contribution in [0.15, 0.2) is 84.9 Å². The summed E-state index contributed by atoms with van der Waals surface area (Å²) in [7, 11) is 2.19. The monoisotopic (exact) mass is 556 g/mol. The highest BCUT2D eigenvalue weighted by Crippen LogP contribution is 2.43. The lowest BCUT2D eigenvalue weighted by Gasteiger charge is -2.17. The Morgan fingerprint density at radius 2 is 1.50 bits per heavy atom. The molecule has 0 unspecified atom stereocenters. The summed E-state index contributed by atoms with van der Waals surface area (Å²) in [6.45, 7) is 7.89. The lowest BCUT2D eigenvalue weighted by atomic mass is 9.79. The summed E-state index contributed by atoms with van der Waals surface area (Å²) in [4.78, 5) is 0. The van der Waals surface area contributed by atoms with Crippen LogP contribution in [0.1, 0.15) is 31.9 Å². The maximum Gasteiger partial charge on any atom is 0.210 e. The van der Waals surface area contributed by atoms with Crippen LogP contribution in [0.5, 0.6) is 0 Å². The molecule has 0 aliphatic carbocycles. The van der Waals surface area contributed by atoms with E-state index < -0.39 is 0 Å². The fourth-order valence-electron chi connectivity index (χ4n) is 5.88. The fourth-order valence-corrected chi connectivity index (χ4v) is 5.88. The number of hydrogen-bond donors (Lipinski definition) is 0. The summed E-state index contributed by atoms with van der Waals surface area (Å²) in [6, 6.07) is 28.8. The Balaban J connectivity index is 0.00000241. The maximum atomic E-state index is 2.41. The second kappa shape index (κ2) is 8.38. The number of rotatable bonds is 3. The van der Waals surface area contributed by atoms with Gasteiger partial charge in [0.2, 0.25) is 5.69 Å². The van der Waals surface area contributed by atoms with Crippen LogP contribution in [-0.4, -0.2) is 21.9 Å². The number of benzene rings is 4. The number of nitrogens with zero attached hydrogens (tertiary/aromatic N) is 2. The third-order valence-electron chi connectivity index (χ3n) is 7.44. The highest BCUT2D eigenvalue weighted by atomic mass is 127. The van der Waals surface area contributed by atoms with Crippen LogP contribution in [0, 0.1) is 0 Å². The molecule has 4 aromatic carbocycles. The van der Waals surface area contributed by atoms with Crippen LogP contribution in [0.4, 0.5) is 5.69 Å². The lowest BCUT2D eigenvalue weighted by Crippen LogP contribution is -3.00. The van der Waals surface area contributed by atoms with Gasteiger partial charge >= 0.3 is 0 Å². The maximum absolute atomic E-state index is 2.41. The number of allylic oxidation sites excluding steroid dienone is 1. The molecule has 1 aliphatic rings. The summed E-state index contributed by atoms with van der Waals surface area (Å²) >= 11 is 0. The average molecular weight is 556 g/mol. The number of aromatic nitrogens is 1. The van der Waals surface area contributed by atoms with Crippen molar-refractivity contribution in [2.45, 2.75) is 32.7 Å². The van der Waals surface area contributed by atoms with Crippen LogP contribution in [0.3, 0.4) is 0 Å². The predicted molar refractivity (Wildman–Crippen MR) is 142 cm³/mol. The van der Waals surface area contributed by atoms with Crippen molar-refractivity contribution in [1.29, 1.82) is 0 Å². The molecule has 0 saturated heterocycles. The molecule has 0 amide bonds. The molecule has 1 aliphatic heterocycles. The molecule has 0 spiro atoms. The number of hydrogen-bond acceptors (Lipinski definition) is 0. The molecule has 0 radical (unpaired) electrons. The molecular formula is C31H29IN2. The standard InChI is InChI=1S/C31H29N2.HI/c1-5-33-26-13-9-8-12-24(26)25-20-21(14-17-27(25)33)15-19-29-31(2,3)30-23-11-7-6-10-22(23)16-18-28(30)32(29)4;/h6-20H,5H2,1-4H3;1H/q+1;/p-1. The highest BCUT2D eigenvalue weighted by Gasteiger charge is 2.44. The Bertz CT molecular complexity index is 1630. The molecule has 5 aromatic rings. The average Bonchev–Trinajstić information content (AvgIpc) is 3.25. The molecule has 1 aromatic heterocycles. The summed E-state index contributed by atoms with van der Waals surface area (Å²) in [5.74, 6) is 0. The van der Waals surface area contributed by atoms with Crippen molar-refractivity contribution in [3.63, 3.8) is 0 Å². The third-order valence-corrected chi connectivity index (χ3v) is 7.44. The van der Waals surface area contributed by atoms with E-state index in [9.17, 15) is 0 Å². The summed E-state index contributed by atoms with van der Waals surface area (Å²) in [5.41, 5.74) is 7.84. The largest absolute Gasteiger partial charge is 1.00 e. The molecule has 0 bridgehead atoms. The smallest absolute Gasteiger partial charge is 0.210 e. The first-order chi connectivity index (χ1) is 16.0. The van der Waals surface area contributed by atoms with Crippen molar-refractivity contribution in [2.24, 2.45) is 0 Å². The highest BCUT2D eigenvalue weighted by molar-refractivity contribution is 6.11. The number of halogens is 1. The van der Waals surface area contributed by atoms with E-state index in [4.69, 9.17) is 0 Å². The number of aryl methyl sites for hydroxylation is 1. The first kappa shape index (κ1) is 22.9. The van der Waals surface area contributed by atoms with Gasteiger partial charge in [-0.05, 0) is 67.4 Å². The molecule has 34 heavy (non-hydrogen) atoms. The van der Waals surface area contributed by atoms with Gasteiger partial charge in [-0.15, -0.1) is 0 Å². The lowest BCUT2D eigenvalue weighted by molar-refractivity contribution is -0.401. The fraction of sp³-hybridized carbons (Fsp3) is 0.194. The first-order valence-corrected chi connectivity index (χ1v) is 11.8. The minimum Gasteiger partial charge on any atom is -1.00 e. The molecule has 0 atom stereocenters. The van der Waals surface area contributed by atoms with Crippen LogP contribution in [-0.2, 0) is 12.0 Å². The van der Waals surface area contributed by atoms with E-state index in [1.165, 1.54) is 55.1 Å². The zero-order chi connectivity index (χ0) is 22.7. The normalized spacial score (nSPS) is 14.9. The van der Waals surface area contributed by atoms with Crippen molar-refractivity contribution in [1.82, 2.24) is 4.57 Å². The Kier molecular flexibility index (Phi) is 5.64. The predicted octanol–water partition coefficient (Wildman–Crippen LogP) is 4.69. The van der Waals surface area contributed by atoms with E-state index in [1.54, 1.807) is 0 Å². The Hall–Kier alpha value is -2.92. The van der Waals surface area contributed by atoms with Gasteiger partial charge in [0.15, 0.2) is 5.71 Å². The van der Waals surface area contributed by atoms with E-state index in [0.29, 0.717) is 0 Å². The van der Waals surface area contributed by atoms with Gasteiger partial charge in [-0.1, -0.05) is 48.5 Å². The zero-order valence-electron chi connectivity index (χ0n) is 20.1. The quantitative estimate of drug-likeness (QED) is 0.225. The Morgan fingerprint density at radius 3 is 2.29 bits per heavy atom. The second-order valence-corrected chi connectivity index (χ2v) is 9.62. The molecule has 0 saturated carbocycles. The molecule has 0 fully saturated rings. The molecule has 3 heteroatoms. The summed E-state index contributed by atoms with van der Waals surface area (Å²) in [6.07, 6.45) is 4.59. The van der Waals surface area contributed by atoms with Crippen LogP contribution in [0.25, 0.3) is 38.7 Å². The SMILES string of the molecule is CCn1c2ccccc2c2cc(C=CC3=[N+](C)c4ccc5ccccc5c4C3(C)C)ccc21.[I-]. The van der Waals surface area contributed by atoms with E-state index in [-0.39, 0.29) is 29.4 Å². The summed E-state index contributed by atoms with van der Waals surface area (Å²) < 4.78 is 4.77. The summed E-state index contributed by atoms with van der Waals surface area (Å²) in [5, 5.41) is 5.31. The van der Waals surface area contributed by atoms with Gasteiger partial charge in [-0.25, -0.2) is 0 Å². The third kappa shape index (κ3) is 3.24. The van der Waals surface area contributed by atoms with Crippen molar-refractivity contribution < 1.29 is 28.6 Å². The topological polar surface area (TPSA) is 7.94 Å². The molecule has 0 N–H and O–H groups in total. The second-order valence-electron chi connectivity index (χ2n) is 9.62. The van der Waals surface area contributed by atoms with Gasteiger partial charge in [0.05, 0.1) is 5.41 Å². The molecule has 6 rings (SSSR count). The van der Waals surface area contributed by atoms with Crippen molar-refractivity contribution in [3.05, 3.63) is 96.1 Å². The minimum atomic E-state index is -0.0657. The van der Waals surface area contributed by atoms with E-state index in [0.717, 1.165) is 6.54 Å². The van der Waals surface area contributed by atoms with E-state index in [1.807, 2.05) is 0 Å². The Morgan fingerprint density at radius 1 is 0.794 bits per heavy atom. The zero-order valence-corrected chi connectivity index (χ0v) is 22.3. The van der Waals surface area contributed by atoms with Gasteiger partial charge < -0.3 is 28.5 Å². The van der Waals surface area contributed by atoms with E-state index in [2.05, 4.69) is 128 Å².